The molecule has 0 amide bonds. The molecule has 0 unspecified atom stereocenters. The highest BCUT2D eigenvalue weighted by Crippen LogP contribution is 2.03. The molecule has 0 rings (SSSR count). The predicted molar refractivity (Wildman–Crippen MR) is 43.3 cm³/mol. The number of aliphatic hydroxyl groups excluding tert-OH is 5. The van der Waals surface area contributed by atoms with Crippen molar-refractivity contribution in [3.05, 3.63) is 0 Å². The zero-order valence-electron chi connectivity index (χ0n) is 7.96. The monoisotopic (exact) mass is 197 g/mol. The van der Waals surface area contributed by atoms with Gasteiger partial charge in [-0.1, -0.05) is 0 Å². The fourth-order valence-corrected chi connectivity index (χ4v) is 0.789. The normalized spacial score (nSPS) is 21.8. The van der Waals surface area contributed by atoms with E-state index < -0.39 is 31.0 Å². The van der Waals surface area contributed by atoms with Crippen LogP contribution < -0.4 is 11.3 Å². The van der Waals surface area contributed by atoms with Crippen molar-refractivity contribution < 1.29 is 26.9 Å². The number of nitrogens with one attached hydrogen (secondary N) is 1. The second-order valence-electron chi connectivity index (χ2n) is 2.68. The number of nitrogens with two attached hydrogens (primary N) is 1. The van der Waals surface area contributed by atoms with Crippen molar-refractivity contribution in [3.63, 3.8) is 0 Å². The molecule has 0 fully saturated rings. The minimum absolute atomic E-state index is 0.181. The lowest BCUT2D eigenvalue weighted by molar-refractivity contribution is -0.113. The average molecular weight is 197 g/mol. The van der Waals surface area contributed by atoms with E-state index in [0.29, 0.717) is 0 Å². The number of aliphatic hydroxyl groups is 5. The highest BCUT2D eigenvalue weighted by atomic mass is 16.4. The molecule has 0 aromatic rings. The summed E-state index contributed by atoms with van der Waals surface area (Å²) in [7, 11) is 0. The number of hydrazine groups is 1. The van der Waals surface area contributed by atoms with E-state index in [-0.39, 0.29) is 6.54 Å². The fraction of sp³-hybridized carbons (Fsp3) is 1.00. The second kappa shape index (κ2) is 6.22. The maximum Gasteiger partial charge on any atom is 0.137 e. The maximum atomic E-state index is 9.21. The molecule has 0 saturated carbocycles. The zero-order valence-corrected chi connectivity index (χ0v) is 6.96. The summed E-state index contributed by atoms with van der Waals surface area (Å²) in [6.45, 7) is -0.894. The van der Waals surface area contributed by atoms with Gasteiger partial charge in [-0.05, 0) is 0 Å². The Morgan fingerprint density at radius 3 is 2.15 bits per heavy atom. The third-order valence-electron chi connectivity index (χ3n) is 1.64. The summed E-state index contributed by atoms with van der Waals surface area (Å²) >= 11 is 0. The molecule has 0 heterocycles. The third kappa shape index (κ3) is 3.96. The van der Waals surface area contributed by atoms with Gasteiger partial charge >= 0.3 is 0 Å². The smallest absolute Gasteiger partial charge is 0.137 e. The van der Waals surface area contributed by atoms with E-state index in [4.69, 9.17) is 16.7 Å². The van der Waals surface area contributed by atoms with Gasteiger partial charge in [-0.15, -0.1) is 0 Å². The molecule has 13 heavy (non-hydrogen) atoms. The predicted octanol–water partition coefficient (Wildman–Crippen LogP) is -4.11. The van der Waals surface area contributed by atoms with Crippen molar-refractivity contribution in [1.82, 2.24) is 5.43 Å². The molecule has 0 aromatic heterocycles. The molecule has 0 aliphatic rings. The Kier molecular flexibility index (Phi) is 5.16. The van der Waals surface area contributed by atoms with Crippen molar-refractivity contribution in [2.24, 2.45) is 5.84 Å². The first kappa shape index (κ1) is 10.8. The van der Waals surface area contributed by atoms with Crippen LogP contribution in [0.4, 0.5) is 0 Å². The molecule has 8 N–H and O–H groups in total. The van der Waals surface area contributed by atoms with Crippen molar-refractivity contribution in [2.75, 3.05) is 13.2 Å². The molecule has 0 saturated heterocycles. The van der Waals surface area contributed by atoms with E-state index in [2.05, 4.69) is 5.43 Å². The van der Waals surface area contributed by atoms with Crippen LogP contribution in [0.2, 0.25) is 1.41 Å². The highest BCUT2D eigenvalue weighted by molar-refractivity contribution is 4.80. The Labute approximate surface area is 76.9 Å². The summed E-state index contributed by atoms with van der Waals surface area (Å²) in [6.07, 6.45) is -6.10. The van der Waals surface area contributed by atoms with Crippen LogP contribution in [-0.4, -0.2) is 63.1 Å². The van der Waals surface area contributed by atoms with Crippen LogP contribution in [0.5, 0.6) is 0 Å². The van der Waals surface area contributed by atoms with Crippen LogP contribution in [-0.2, 0) is 0 Å². The van der Waals surface area contributed by atoms with E-state index in [0.717, 1.165) is 0 Å². The topological polar surface area (TPSA) is 139 Å². The number of rotatable bonds is 7. The Hall–Kier alpha value is -0.280. The van der Waals surface area contributed by atoms with E-state index in [1.165, 1.54) is 0 Å². The van der Waals surface area contributed by atoms with E-state index in [1.807, 2.05) is 0 Å². The molecule has 4 atom stereocenters. The number of hydrogen-bond donors (Lipinski definition) is 7. The Morgan fingerprint density at radius 1 is 1.15 bits per heavy atom. The summed E-state index contributed by atoms with van der Waals surface area (Å²) in [5.41, 5.74) is 2.19. The Balaban J connectivity index is 3.95. The quantitative estimate of drug-likeness (QED) is 0.162. The van der Waals surface area contributed by atoms with E-state index in [9.17, 15) is 10.2 Å². The molecule has 80 valence electrons. The Morgan fingerprint density at radius 2 is 1.69 bits per heavy atom. The first-order valence-corrected chi connectivity index (χ1v) is 3.77. The highest BCUT2D eigenvalue weighted by Gasteiger charge is 2.29. The van der Waals surface area contributed by atoms with Crippen LogP contribution in [0.1, 0.15) is 0 Å². The molecular formula is C6H16N2O5. The van der Waals surface area contributed by atoms with Gasteiger partial charge in [-0.25, -0.2) is 0 Å². The molecule has 7 nitrogen and oxygen atoms in total. The summed E-state index contributed by atoms with van der Waals surface area (Å²) in [6, 6.07) is 0. The average Bonchev–Trinajstić information content (AvgIpc) is 2.22. The van der Waals surface area contributed by atoms with Crippen molar-refractivity contribution in [3.8, 4) is 0 Å². The summed E-state index contributed by atoms with van der Waals surface area (Å²) in [5.74, 6) is 1.77. The molecule has 7 heteroatoms. The Bertz CT molecular complexity index is 152. The fourth-order valence-electron chi connectivity index (χ4n) is 0.789. The van der Waals surface area contributed by atoms with Crippen LogP contribution in [0, 0.1) is 0 Å². The van der Waals surface area contributed by atoms with Gasteiger partial charge in [-0.2, -0.15) is 0 Å². The van der Waals surface area contributed by atoms with Gasteiger partial charge in [0.2, 0.25) is 0 Å². The molecule has 0 aliphatic heterocycles. The maximum absolute atomic E-state index is 9.21. The summed E-state index contributed by atoms with van der Waals surface area (Å²) in [4.78, 5) is 0. The standard InChI is InChI=1S/C6H16N2O5/c7-8-1-3(10)5(12)6(13)4(11)2-9/h3-6,8-13H,1-2,7H2/t3-,4-,5+,6+/m1/s1/i/hD. The van der Waals surface area contributed by atoms with Gasteiger partial charge in [0.1, 0.15) is 19.7 Å². The van der Waals surface area contributed by atoms with Crippen molar-refractivity contribution in [2.45, 2.75) is 24.4 Å². The molecule has 0 bridgehead atoms. The molecule has 0 spiro atoms. The van der Waals surface area contributed by atoms with Crippen LogP contribution >= 0.6 is 0 Å². The minimum atomic E-state index is -1.64. The molecule has 0 aliphatic carbocycles. The van der Waals surface area contributed by atoms with Crippen LogP contribution in [0.25, 0.3) is 0 Å². The van der Waals surface area contributed by atoms with Gasteiger partial charge < -0.3 is 25.5 Å². The summed E-state index contributed by atoms with van der Waals surface area (Å²) < 4.78 is 6.46. The molecule has 0 radical (unpaired) electrons. The summed E-state index contributed by atoms with van der Waals surface area (Å²) in [5, 5.41) is 44.9. The minimum Gasteiger partial charge on any atom is -0.394 e. The first-order chi connectivity index (χ1) is 6.54. The first-order valence-electron chi connectivity index (χ1n) is 4.27. The van der Waals surface area contributed by atoms with Crippen LogP contribution in [0.3, 0.4) is 0 Å². The van der Waals surface area contributed by atoms with E-state index in [1.54, 1.807) is 5.84 Å². The van der Waals surface area contributed by atoms with Gasteiger partial charge in [-0.3, -0.25) is 11.3 Å². The van der Waals surface area contributed by atoms with Crippen molar-refractivity contribution >= 4 is 0 Å². The second-order valence-corrected chi connectivity index (χ2v) is 2.68. The lowest BCUT2D eigenvalue weighted by Crippen LogP contribution is -2.49. The largest absolute Gasteiger partial charge is 0.394 e. The van der Waals surface area contributed by atoms with Gasteiger partial charge in [0.05, 0.1) is 12.7 Å². The SMILES string of the molecule is [2H]NNC[C@@H](O)[C@H](O)[C@@H](O)[C@H](O)CO. The zero-order chi connectivity index (χ0) is 11.1. The van der Waals surface area contributed by atoms with Crippen LogP contribution in [0.15, 0.2) is 0 Å². The molecule has 0 aromatic carbocycles. The lowest BCUT2D eigenvalue weighted by Gasteiger charge is -2.25. The van der Waals surface area contributed by atoms with Gasteiger partial charge in [0.15, 0.2) is 0 Å². The van der Waals surface area contributed by atoms with Gasteiger partial charge in [0.25, 0.3) is 0 Å². The van der Waals surface area contributed by atoms with Gasteiger partial charge in [0, 0.05) is 6.54 Å². The molecular weight excluding hydrogens is 180 g/mol. The number of hydrogen-bond acceptors (Lipinski definition) is 7. The van der Waals surface area contributed by atoms with E-state index >= 15 is 0 Å². The van der Waals surface area contributed by atoms with Crippen molar-refractivity contribution in [1.29, 1.82) is 0 Å². The lowest BCUT2D eigenvalue weighted by atomic mass is 10.0. The third-order valence-corrected chi connectivity index (χ3v) is 1.64.